The van der Waals surface area contributed by atoms with Crippen LogP contribution in [0.15, 0.2) is 42.5 Å². The maximum Gasteiger partial charge on any atom is 0.124 e. The molecule has 3 aromatic rings. The standard InChI is InChI=1S/C18H17N3.2ClH/c1-11-7-18(19)21-17-8-12(5-6-14(11)17)15-4-2-3-13-9-20-10-16(13)15;;/h2-8,20H,9-10H2,1H3,(H2,19,21);2*1H. The van der Waals surface area contributed by atoms with Crippen LogP contribution in [0.25, 0.3) is 22.0 Å². The van der Waals surface area contributed by atoms with Crippen molar-refractivity contribution in [3.05, 3.63) is 59.2 Å². The summed E-state index contributed by atoms with van der Waals surface area (Å²) in [5, 5.41) is 4.58. The SMILES string of the molecule is Cc1cc(N)nc2cc(-c3cccc4c3CNC4)ccc12.Cl.Cl. The molecule has 0 radical (unpaired) electrons. The van der Waals surface area contributed by atoms with Crippen LogP contribution in [0.2, 0.25) is 0 Å². The van der Waals surface area contributed by atoms with Gasteiger partial charge in [-0.2, -0.15) is 0 Å². The molecule has 0 aliphatic carbocycles. The van der Waals surface area contributed by atoms with Gasteiger partial charge in [0.15, 0.2) is 0 Å². The molecule has 0 amide bonds. The Morgan fingerprint density at radius 3 is 2.70 bits per heavy atom. The molecule has 0 unspecified atom stereocenters. The summed E-state index contributed by atoms with van der Waals surface area (Å²) >= 11 is 0. The molecule has 3 N–H and O–H groups in total. The minimum atomic E-state index is 0. The van der Waals surface area contributed by atoms with Crippen molar-refractivity contribution in [2.24, 2.45) is 0 Å². The van der Waals surface area contributed by atoms with E-state index in [0.717, 1.165) is 18.6 Å². The van der Waals surface area contributed by atoms with Gasteiger partial charge in [0.2, 0.25) is 0 Å². The zero-order valence-electron chi connectivity index (χ0n) is 12.8. The van der Waals surface area contributed by atoms with Crippen LogP contribution >= 0.6 is 24.8 Å². The fourth-order valence-corrected chi connectivity index (χ4v) is 3.20. The van der Waals surface area contributed by atoms with Gasteiger partial charge >= 0.3 is 0 Å². The number of pyridine rings is 1. The van der Waals surface area contributed by atoms with E-state index in [1.54, 1.807) is 0 Å². The van der Waals surface area contributed by atoms with Crippen LogP contribution in [0.1, 0.15) is 16.7 Å². The summed E-state index contributed by atoms with van der Waals surface area (Å²) in [7, 11) is 0. The van der Waals surface area contributed by atoms with Gasteiger partial charge in [0.1, 0.15) is 5.82 Å². The molecule has 0 bridgehead atoms. The van der Waals surface area contributed by atoms with Crippen LogP contribution < -0.4 is 11.1 Å². The van der Waals surface area contributed by atoms with E-state index in [9.17, 15) is 0 Å². The van der Waals surface area contributed by atoms with E-state index in [2.05, 4.69) is 53.6 Å². The van der Waals surface area contributed by atoms with E-state index in [0.29, 0.717) is 5.82 Å². The molecule has 0 saturated heterocycles. The number of nitrogens with one attached hydrogen (secondary N) is 1. The first-order chi connectivity index (χ1) is 10.2. The van der Waals surface area contributed by atoms with Crippen molar-refractivity contribution in [2.45, 2.75) is 20.0 Å². The highest BCUT2D eigenvalue weighted by atomic mass is 35.5. The maximum atomic E-state index is 5.88. The Kier molecular flexibility index (Phi) is 5.15. The van der Waals surface area contributed by atoms with Crippen LogP contribution in [0, 0.1) is 6.92 Å². The van der Waals surface area contributed by atoms with E-state index in [1.165, 1.54) is 33.2 Å². The molecular formula is C18H19Cl2N3. The van der Waals surface area contributed by atoms with Crippen molar-refractivity contribution in [3.63, 3.8) is 0 Å². The number of rotatable bonds is 1. The van der Waals surface area contributed by atoms with Crippen LogP contribution in [-0.4, -0.2) is 4.98 Å². The van der Waals surface area contributed by atoms with E-state index >= 15 is 0 Å². The topological polar surface area (TPSA) is 50.9 Å². The second-order valence-corrected chi connectivity index (χ2v) is 5.64. The van der Waals surface area contributed by atoms with Gasteiger partial charge in [-0.05, 0) is 46.9 Å². The van der Waals surface area contributed by atoms with Gasteiger partial charge in [0.25, 0.3) is 0 Å². The van der Waals surface area contributed by atoms with Gasteiger partial charge in [0, 0.05) is 18.5 Å². The number of halogens is 2. The fraction of sp³-hybridized carbons (Fsp3) is 0.167. The molecule has 0 fully saturated rings. The fourth-order valence-electron chi connectivity index (χ4n) is 3.20. The first kappa shape index (κ1) is 17.5. The molecule has 2 aromatic carbocycles. The summed E-state index contributed by atoms with van der Waals surface area (Å²) in [5.41, 5.74) is 13.3. The van der Waals surface area contributed by atoms with Crippen molar-refractivity contribution in [1.29, 1.82) is 0 Å². The van der Waals surface area contributed by atoms with E-state index < -0.39 is 0 Å². The summed E-state index contributed by atoms with van der Waals surface area (Å²) in [6, 6.07) is 14.9. The molecule has 0 spiro atoms. The minimum Gasteiger partial charge on any atom is -0.384 e. The summed E-state index contributed by atoms with van der Waals surface area (Å²) in [4.78, 5) is 4.48. The van der Waals surface area contributed by atoms with Gasteiger partial charge in [-0.3, -0.25) is 0 Å². The monoisotopic (exact) mass is 347 g/mol. The Morgan fingerprint density at radius 2 is 1.87 bits per heavy atom. The van der Waals surface area contributed by atoms with Crippen LogP contribution in [-0.2, 0) is 13.1 Å². The lowest BCUT2D eigenvalue weighted by atomic mass is 9.95. The molecule has 1 aliphatic rings. The number of aryl methyl sites for hydroxylation is 1. The zero-order chi connectivity index (χ0) is 14.4. The van der Waals surface area contributed by atoms with Crippen molar-refractivity contribution in [3.8, 4) is 11.1 Å². The third-order valence-corrected chi connectivity index (χ3v) is 4.24. The Bertz CT molecular complexity index is 862. The van der Waals surface area contributed by atoms with Gasteiger partial charge < -0.3 is 11.1 Å². The Hall–Kier alpha value is -1.81. The molecule has 0 saturated carbocycles. The number of benzene rings is 2. The highest BCUT2D eigenvalue weighted by Crippen LogP contribution is 2.31. The van der Waals surface area contributed by atoms with Gasteiger partial charge in [-0.15, -0.1) is 24.8 Å². The quantitative estimate of drug-likeness (QED) is 0.692. The number of nitrogens with zero attached hydrogens (tertiary/aromatic N) is 1. The predicted molar refractivity (Wildman–Crippen MR) is 101 cm³/mol. The lowest BCUT2D eigenvalue weighted by molar-refractivity contribution is 0.765. The Labute approximate surface area is 148 Å². The lowest BCUT2D eigenvalue weighted by Gasteiger charge is -2.10. The Morgan fingerprint density at radius 1 is 1.04 bits per heavy atom. The number of aromatic nitrogens is 1. The van der Waals surface area contributed by atoms with Crippen LogP contribution in [0.4, 0.5) is 5.82 Å². The third kappa shape index (κ3) is 3.00. The van der Waals surface area contributed by atoms with Crippen LogP contribution in [0.5, 0.6) is 0 Å². The summed E-state index contributed by atoms with van der Waals surface area (Å²) in [5.74, 6) is 0.581. The zero-order valence-corrected chi connectivity index (χ0v) is 14.4. The Balaban J connectivity index is 0.000000960. The number of anilines is 1. The summed E-state index contributed by atoms with van der Waals surface area (Å²) < 4.78 is 0. The van der Waals surface area contributed by atoms with Crippen molar-refractivity contribution in [1.82, 2.24) is 10.3 Å². The molecule has 3 nitrogen and oxygen atoms in total. The molecular weight excluding hydrogens is 329 g/mol. The number of hydrogen-bond acceptors (Lipinski definition) is 3. The normalized spacial score (nSPS) is 12.4. The summed E-state index contributed by atoms with van der Waals surface area (Å²) in [6.07, 6.45) is 0. The average molecular weight is 348 g/mol. The first-order valence-corrected chi connectivity index (χ1v) is 7.21. The van der Waals surface area contributed by atoms with Crippen LogP contribution in [0.3, 0.4) is 0 Å². The minimum absolute atomic E-state index is 0. The summed E-state index contributed by atoms with van der Waals surface area (Å²) in [6.45, 7) is 3.97. The highest BCUT2D eigenvalue weighted by molar-refractivity contribution is 5.88. The molecule has 5 heteroatoms. The molecule has 1 aliphatic heterocycles. The molecule has 4 rings (SSSR count). The van der Waals surface area contributed by atoms with Crippen molar-refractivity contribution in [2.75, 3.05) is 5.73 Å². The second-order valence-electron chi connectivity index (χ2n) is 5.64. The maximum absolute atomic E-state index is 5.88. The largest absolute Gasteiger partial charge is 0.384 e. The number of hydrogen-bond donors (Lipinski definition) is 2. The predicted octanol–water partition coefficient (Wildman–Crippen LogP) is 4.24. The molecule has 2 heterocycles. The van der Waals surface area contributed by atoms with Crippen molar-refractivity contribution >= 4 is 41.5 Å². The third-order valence-electron chi connectivity index (χ3n) is 4.24. The number of nitrogens with two attached hydrogens (primary N) is 1. The highest BCUT2D eigenvalue weighted by Gasteiger charge is 2.15. The molecule has 0 atom stereocenters. The molecule has 120 valence electrons. The molecule has 1 aromatic heterocycles. The smallest absolute Gasteiger partial charge is 0.124 e. The van der Waals surface area contributed by atoms with Crippen molar-refractivity contribution < 1.29 is 0 Å². The average Bonchev–Trinajstić information content (AvgIpc) is 2.94. The van der Waals surface area contributed by atoms with Gasteiger partial charge in [-0.1, -0.05) is 30.3 Å². The van der Waals surface area contributed by atoms with E-state index in [-0.39, 0.29) is 24.8 Å². The lowest BCUT2D eigenvalue weighted by Crippen LogP contribution is -2.00. The van der Waals surface area contributed by atoms with E-state index in [1.807, 2.05) is 6.07 Å². The molecule has 23 heavy (non-hydrogen) atoms. The number of nitrogen functional groups attached to an aromatic ring is 1. The van der Waals surface area contributed by atoms with E-state index in [4.69, 9.17) is 5.73 Å². The van der Waals surface area contributed by atoms with Gasteiger partial charge in [0.05, 0.1) is 5.52 Å². The first-order valence-electron chi connectivity index (χ1n) is 7.21. The second kappa shape index (κ2) is 6.75. The van der Waals surface area contributed by atoms with Gasteiger partial charge in [-0.25, -0.2) is 4.98 Å². The number of fused-ring (bicyclic) bond motifs is 2.